The van der Waals surface area contributed by atoms with Crippen LogP contribution in [0.5, 0.6) is 0 Å². The Kier molecular flexibility index (Phi) is 7.27. The van der Waals surface area contributed by atoms with Gasteiger partial charge in [-0.3, -0.25) is 9.69 Å². The molecule has 2 aromatic carbocycles. The zero-order valence-corrected chi connectivity index (χ0v) is 17.4. The Labute approximate surface area is 170 Å². The third-order valence-electron chi connectivity index (χ3n) is 6.09. The molecule has 150 valence electrons. The average molecular weight is 379 g/mol. The Balaban J connectivity index is 1.97. The first-order chi connectivity index (χ1) is 13.7. The molecule has 1 unspecified atom stereocenters. The number of hydrogen-bond acceptors (Lipinski definition) is 2. The van der Waals surface area contributed by atoms with E-state index >= 15 is 0 Å². The van der Waals surface area contributed by atoms with E-state index in [1.165, 1.54) is 31.2 Å². The van der Waals surface area contributed by atoms with Crippen molar-refractivity contribution in [2.24, 2.45) is 0 Å². The fraction of sp³-hybridized carbons (Fsp3) is 0.480. The van der Waals surface area contributed by atoms with E-state index in [9.17, 15) is 4.79 Å². The molecule has 0 radical (unpaired) electrons. The zero-order chi connectivity index (χ0) is 19.8. The first-order valence-corrected chi connectivity index (χ1v) is 10.8. The lowest BCUT2D eigenvalue weighted by Gasteiger charge is -2.43. The number of nitrogens with zero attached hydrogens (tertiary/aromatic N) is 2. The van der Waals surface area contributed by atoms with E-state index in [-0.39, 0.29) is 5.91 Å². The Morgan fingerprint density at radius 3 is 2.18 bits per heavy atom. The van der Waals surface area contributed by atoms with Crippen molar-refractivity contribution in [3.8, 4) is 0 Å². The number of amides is 1. The van der Waals surface area contributed by atoms with Gasteiger partial charge in [0.15, 0.2) is 0 Å². The minimum absolute atomic E-state index is 0.237. The van der Waals surface area contributed by atoms with Crippen LogP contribution >= 0.6 is 0 Å². The van der Waals surface area contributed by atoms with E-state index in [1.807, 2.05) is 42.3 Å². The molecule has 0 bridgehead atoms. The summed E-state index contributed by atoms with van der Waals surface area (Å²) in [5.41, 5.74) is 1.76. The molecule has 3 nitrogen and oxygen atoms in total. The van der Waals surface area contributed by atoms with E-state index in [0.717, 1.165) is 38.0 Å². The van der Waals surface area contributed by atoms with Gasteiger partial charge >= 0.3 is 0 Å². The van der Waals surface area contributed by atoms with Crippen LogP contribution in [0.3, 0.4) is 0 Å². The Morgan fingerprint density at radius 1 is 0.964 bits per heavy atom. The minimum Gasteiger partial charge on any atom is -0.314 e. The van der Waals surface area contributed by atoms with Gasteiger partial charge in [-0.2, -0.15) is 0 Å². The maximum absolute atomic E-state index is 14.0. The van der Waals surface area contributed by atoms with Gasteiger partial charge in [0.1, 0.15) is 5.54 Å². The van der Waals surface area contributed by atoms with Gasteiger partial charge in [0, 0.05) is 12.7 Å². The van der Waals surface area contributed by atoms with Gasteiger partial charge in [0.25, 0.3) is 0 Å². The van der Waals surface area contributed by atoms with Crippen molar-refractivity contribution in [2.75, 3.05) is 25.0 Å². The maximum Gasteiger partial charge on any atom is 0.247 e. The van der Waals surface area contributed by atoms with Crippen molar-refractivity contribution < 1.29 is 4.79 Å². The number of benzene rings is 2. The van der Waals surface area contributed by atoms with E-state index < -0.39 is 5.54 Å². The monoisotopic (exact) mass is 378 g/mol. The topological polar surface area (TPSA) is 23.6 Å². The second kappa shape index (κ2) is 9.88. The number of likely N-dealkylation sites (N-methyl/N-ethyl adjacent to an activating group) is 1. The SMILES string of the molecule is CCCCCC(Cc1ccccc1)(C(=O)N(C)c1ccccc1)N1CCCC1. The van der Waals surface area contributed by atoms with Gasteiger partial charge in [0.2, 0.25) is 5.91 Å². The van der Waals surface area contributed by atoms with Gasteiger partial charge in [-0.1, -0.05) is 74.7 Å². The van der Waals surface area contributed by atoms with Gasteiger partial charge in [-0.15, -0.1) is 0 Å². The molecule has 0 spiro atoms. The molecule has 1 heterocycles. The molecule has 2 aromatic rings. The predicted molar refractivity (Wildman–Crippen MR) is 118 cm³/mol. The smallest absolute Gasteiger partial charge is 0.247 e. The van der Waals surface area contributed by atoms with Crippen LogP contribution < -0.4 is 4.90 Å². The molecule has 1 amide bonds. The van der Waals surface area contributed by atoms with Gasteiger partial charge in [-0.25, -0.2) is 0 Å². The van der Waals surface area contributed by atoms with Gasteiger partial charge < -0.3 is 4.90 Å². The van der Waals surface area contributed by atoms with E-state index in [1.54, 1.807) is 0 Å². The molecule has 1 aliphatic heterocycles. The van der Waals surface area contributed by atoms with E-state index in [4.69, 9.17) is 0 Å². The minimum atomic E-state index is -0.461. The fourth-order valence-corrected chi connectivity index (χ4v) is 4.50. The number of rotatable bonds is 9. The number of unbranched alkanes of at least 4 members (excludes halogenated alkanes) is 2. The summed E-state index contributed by atoms with van der Waals surface area (Å²) in [6.07, 6.45) is 7.52. The zero-order valence-electron chi connectivity index (χ0n) is 17.4. The first kappa shape index (κ1) is 20.6. The second-order valence-corrected chi connectivity index (χ2v) is 8.04. The molecule has 1 aliphatic rings. The van der Waals surface area contributed by atoms with Crippen LogP contribution in [-0.2, 0) is 11.2 Å². The highest BCUT2D eigenvalue weighted by Gasteiger charge is 2.46. The Morgan fingerprint density at radius 2 is 1.57 bits per heavy atom. The molecule has 1 atom stereocenters. The summed E-state index contributed by atoms with van der Waals surface area (Å²) < 4.78 is 0. The van der Waals surface area contributed by atoms with Gasteiger partial charge in [0.05, 0.1) is 0 Å². The van der Waals surface area contributed by atoms with E-state index in [2.05, 4.69) is 42.2 Å². The molecule has 3 heteroatoms. The van der Waals surface area contributed by atoms with Crippen LogP contribution in [0.4, 0.5) is 5.69 Å². The standard InChI is InChI=1S/C25H34N2O/c1-3-4-11-18-25(27-19-12-13-20-27,21-22-14-7-5-8-15-22)24(28)26(2)23-16-9-6-10-17-23/h5-10,14-17H,3-4,11-13,18-21H2,1-2H3. The van der Waals surface area contributed by atoms with Crippen LogP contribution in [0.1, 0.15) is 51.0 Å². The number of para-hydroxylation sites is 1. The van der Waals surface area contributed by atoms with Crippen LogP contribution in [0, 0.1) is 0 Å². The molecule has 0 aromatic heterocycles. The third kappa shape index (κ3) is 4.64. The maximum atomic E-state index is 14.0. The van der Waals surface area contributed by atoms with Crippen LogP contribution in [0.25, 0.3) is 0 Å². The van der Waals surface area contributed by atoms with Crippen molar-refractivity contribution in [3.05, 3.63) is 66.2 Å². The number of carbonyl (C=O) groups excluding carboxylic acids is 1. The lowest BCUT2D eigenvalue weighted by molar-refractivity contribution is -0.130. The number of anilines is 1. The molecule has 0 saturated carbocycles. The summed E-state index contributed by atoms with van der Waals surface area (Å²) in [4.78, 5) is 18.4. The predicted octanol–water partition coefficient (Wildman–Crippen LogP) is 5.31. The first-order valence-electron chi connectivity index (χ1n) is 10.8. The highest BCUT2D eigenvalue weighted by molar-refractivity contribution is 6.00. The summed E-state index contributed by atoms with van der Waals surface area (Å²) in [5, 5.41) is 0. The molecule has 28 heavy (non-hydrogen) atoms. The summed E-state index contributed by atoms with van der Waals surface area (Å²) in [6.45, 7) is 4.27. The molecule has 1 saturated heterocycles. The van der Waals surface area contributed by atoms with Crippen LogP contribution in [-0.4, -0.2) is 36.5 Å². The summed E-state index contributed by atoms with van der Waals surface area (Å²) in [5.74, 6) is 0.237. The highest BCUT2D eigenvalue weighted by atomic mass is 16.2. The van der Waals surface area contributed by atoms with Crippen LogP contribution in [0.15, 0.2) is 60.7 Å². The largest absolute Gasteiger partial charge is 0.314 e. The second-order valence-electron chi connectivity index (χ2n) is 8.04. The van der Waals surface area contributed by atoms with Crippen molar-refractivity contribution in [3.63, 3.8) is 0 Å². The molecule has 1 fully saturated rings. The molecule has 3 rings (SSSR count). The quantitative estimate of drug-likeness (QED) is 0.552. The Hall–Kier alpha value is -2.13. The molecular weight excluding hydrogens is 344 g/mol. The number of likely N-dealkylation sites (tertiary alicyclic amines) is 1. The normalized spacial score (nSPS) is 16.6. The Bertz CT molecular complexity index is 725. The van der Waals surface area contributed by atoms with Crippen LogP contribution in [0.2, 0.25) is 0 Å². The summed E-state index contributed by atoms with van der Waals surface area (Å²) >= 11 is 0. The lowest BCUT2D eigenvalue weighted by Crippen LogP contribution is -2.60. The lowest BCUT2D eigenvalue weighted by atomic mass is 9.82. The number of carbonyl (C=O) groups is 1. The third-order valence-corrected chi connectivity index (χ3v) is 6.09. The van der Waals surface area contributed by atoms with Crippen molar-refractivity contribution in [1.29, 1.82) is 0 Å². The number of hydrogen-bond donors (Lipinski definition) is 0. The fourth-order valence-electron chi connectivity index (χ4n) is 4.50. The van der Waals surface area contributed by atoms with Crippen molar-refractivity contribution in [1.82, 2.24) is 4.90 Å². The van der Waals surface area contributed by atoms with Crippen molar-refractivity contribution >= 4 is 11.6 Å². The van der Waals surface area contributed by atoms with Crippen molar-refractivity contribution in [2.45, 2.75) is 57.4 Å². The molecule has 0 aliphatic carbocycles. The summed E-state index contributed by atoms with van der Waals surface area (Å²) in [6, 6.07) is 20.6. The van der Waals surface area contributed by atoms with Gasteiger partial charge in [-0.05, 0) is 56.5 Å². The molecule has 0 N–H and O–H groups in total. The highest BCUT2D eigenvalue weighted by Crippen LogP contribution is 2.34. The average Bonchev–Trinajstić information content (AvgIpc) is 3.29. The molecular formula is C25H34N2O. The van der Waals surface area contributed by atoms with E-state index in [0.29, 0.717) is 0 Å². The summed E-state index contributed by atoms with van der Waals surface area (Å²) in [7, 11) is 1.94.